The Kier molecular flexibility index (Phi) is 6.66. The van der Waals surface area contributed by atoms with Gasteiger partial charge in [0.1, 0.15) is 0 Å². The summed E-state index contributed by atoms with van der Waals surface area (Å²) >= 11 is 0. The highest BCUT2D eigenvalue weighted by atomic mass is 16.2. The number of amides is 2. The zero-order valence-electron chi connectivity index (χ0n) is 16.5. The minimum absolute atomic E-state index is 0.130. The molecule has 1 aliphatic heterocycles. The summed E-state index contributed by atoms with van der Waals surface area (Å²) in [4.78, 5) is 28.7. The lowest BCUT2D eigenvalue weighted by atomic mass is 10.0. The van der Waals surface area contributed by atoms with Crippen molar-refractivity contribution in [3.05, 3.63) is 60.2 Å². The van der Waals surface area contributed by atoms with Crippen LogP contribution < -0.4 is 15.5 Å². The van der Waals surface area contributed by atoms with E-state index in [1.165, 1.54) is 12.6 Å². The fourth-order valence-corrected chi connectivity index (χ4v) is 3.40. The molecule has 2 N–H and O–H groups in total. The topological polar surface area (TPSA) is 64.7 Å². The van der Waals surface area contributed by atoms with Crippen LogP contribution >= 0.6 is 0 Å². The zero-order chi connectivity index (χ0) is 19.9. The number of rotatable bonds is 6. The molecule has 28 heavy (non-hydrogen) atoms. The number of hydrogen-bond acceptors (Lipinski definition) is 4. The molecule has 0 aliphatic carbocycles. The molecule has 0 saturated carbocycles. The van der Waals surface area contributed by atoms with E-state index in [-0.39, 0.29) is 24.3 Å². The van der Waals surface area contributed by atoms with Gasteiger partial charge in [-0.3, -0.25) is 9.59 Å². The van der Waals surface area contributed by atoms with Crippen LogP contribution in [-0.2, 0) is 9.59 Å². The maximum atomic E-state index is 12.5. The summed E-state index contributed by atoms with van der Waals surface area (Å²) in [6, 6.07) is 17.2. The Bertz CT molecular complexity index is 784. The molecular weight excluding hydrogens is 352 g/mol. The van der Waals surface area contributed by atoms with E-state index in [0.717, 1.165) is 37.4 Å². The van der Waals surface area contributed by atoms with Gasteiger partial charge in [0.05, 0.1) is 12.5 Å². The maximum Gasteiger partial charge on any atom is 0.226 e. The molecule has 1 unspecified atom stereocenters. The van der Waals surface area contributed by atoms with Crippen LogP contribution in [0.2, 0.25) is 0 Å². The Labute approximate surface area is 166 Å². The first-order valence-corrected chi connectivity index (χ1v) is 9.67. The molecular formula is C22H28N4O2. The Morgan fingerprint density at radius 2 is 1.61 bits per heavy atom. The summed E-state index contributed by atoms with van der Waals surface area (Å²) in [6.07, 6.45) is 0.184. The Hall–Kier alpha value is -2.86. The number of nitrogens with zero attached hydrogens (tertiary/aromatic N) is 2. The van der Waals surface area contributed by atoms with Crippen molar-refractivity contribution in [2.45, 2.75) is 19.4 Å². The molecule has 2 aromatic carbocycles. The molecule has 0 radical (unpaired) electrons. The highest BCUT2D eigenvalue weighted by Crippen LogP contribution is 2.21. The molecule has 0 spiro atoms. The van der Waals surface area contributed by atoms with Crippen molar-refractivity contribution >= 4 is 23.2 Å². The van der Waals surface area contributed by atoms with Crippen LogP contribution in [0.25, 0.3) is 0 Å². The third kappa shape index (κ3) is 5.57. The predicted octanol–water partition coefficient (Wildman–Crippen LogP) is 2.64. The minimum Gasteiger partial charge on any atom is -0.369 e. The van der Waals surface area contributed by atoms with E-state index < -0.39 is 0 Å². The van der Waals surface area contributed by atoms with Crippen LogP contribution in [0, 0.1) is 0 Å². The summed E-state index contributed by atoms with van der Waals surface area (Å²) in [5.74, 6) is -0.284. The first-order chi connectivity index (χ1) is 13.5. The van der Waals surface area contributed by atoms with Gasteiger partial charge in [-0.1, -0.05) is 30.3 Å². The number of piperazine rings is 1. The summed E-state index contributed by atoms with van der Waals surface area (Å²) in [5, 5.41) is 5.79. The van der Waals surface area contributed by atoms with E-state index in [0.29, 0.717) is 0 Å². The van der Waals surface area contributed by atoms with Gasteiger partial charge in [-0.25, -0.2) is 0 Å². The summed E-state index contributed by atoms with van der Waals surface area (Å²) < 4.78 is 0. The second-order valence-corrected chi connectivity index (χ2v) is 7.25. The first kappa shape index (κ1) is 19.9. The molecule has 6 nitrogen and oxygen atoms in total. The van der Waals surface area contributed by atoms with E-state index in [1.54, 1.807) is 0 Å². The quantitative estimate of drug-likeness (QED) is 0.809. The number of nitrogens with one attached hydrogen (secondary N) is 2. The van der Waals surface area contributed by atoms with Gasteiger partial charge in [0.2, 0.25) is 11.8 Å². The van der Waals surface area contributed by atoms with Crippen LogP contribution in [0.4, 0.5) is 11.4 Å². The molecule has 1 aliphatic rings. The Morgan fingerprint density at radius 3 is 2.21 bits per heavy atom. The zero-order valence-corrected chi connectivity index (χ0v) is 16.5. The van der Waals surface area contributed by atoms with E-state index in [9.17, 15) is 9.59 Å². The molecule has 2 amide bonds. The first-order valence-electron chi connectivity index (χ1n) is 9.67. The average Bonchev–Trinajstić information content (AvgIpc) is 2.69. The van der Waals surface area contributed by atoms with Crippen molar-refractivity contribution in [3.8, 4) is 0 Å². The van der Waals surface area contributed by atoms with Crippen molar-refractivity contribution in [2.75, 3.05) is 43.4 Å². The number of carbonyl (C=O) groups is 2. The molecule has 1 heterocycles. The van der Waals surface area contributed by atoms with Gasteiger partial charge in [-0.15, -0.1) is 0 Å². The molecule has 0 aromatic heterocycles. The van der Waals surface area contributed by atoms with E-state index in [4.69, 9.17) is 0 Å². The normalized spacial score (nSPS) is 15.7. The van der Waals surface area contributed by atoms with Gasteiger partial charge in [0.15, 0.2) is 0 Å². The predicted molar refractivity (Wildman–Crippen MR) is 112 cm³/mol. The van der Waals surface area contributed by atoms with Crippen LogP contribution in [0.1, 0.15) is 24.9 Å². The lowest BCUT2D eigenvalue weighted by molar-refractivity contribution is -0.120. The lowest BCUT2D eigenvalue weighted by Gasteiger charge is -2.34. The smallest absolute Gasteiger partial charge is 0.226 e. The third-order valence-corrected chi connectivity index (χ3v) is 4.99. The Balaban J connectivity index is 1.59. The highest BCUT2D eigenvalue weighted by Gasteiger charge is 2.18. The standard InChI is InChI=1S/C22H28N4O2/c1-17(27)23-21(18-6-4-3-5-7-18)16-22(28)24-19-8-10-20(11-9-19)26-14-12-25(2)13-15-26/h3-11,21H,12-16H2,1-2H3,(H,23,27)(H,24,28). The van der Waals surface area contributed by atoms with Crippen LogP contribution in [0.15, 0.2) is 54.6 Å². The lowest BCUT2D eigenvalue weighted by Crippen LogP contribution is -2.44. The third-order valence-electron chi connectivity index (χ3n) is 4.99. The fourth-order valence-electron chi connectivity index (χ4n) is 3.40. The maximum absolute atomic E-state index is 12.5. The molecule has 3 rings (SSSR count). The molecule has 6 heteroatoms. The monoisotopic (exact) mass is 380 g/mol. The SMILES string of the molecule is CC(=O)NC(CC(=O)Nc1ccc(N2CCN(C)CC2)cc1)c1ccccc1. The number of likely N-dealkylation sites (N-methyl/N-ethyl adjacent to an activating group) is 1. The van der Waals surface area contributed by atoms with Gasteiger partial charge in [0.25, 0.3) is 0 Å². The molecule has 1 saturated heterocycles. The Morgan fingerprint density at radius 1 is 0.964 bits per heavy atom. The molecule has 1 fully saturated rings. The van der Waals surface area contributed by atoms with Crippen molar-refractivity contribution in [1.82, 2.24) is 10.2 Å². The van der Waals surface area contributed by atoms with Gasteiger partial charge in [-0.05, 0) is 36.9 Å². The van der Waals surface area contributed by atoms with E-state index in [2.05, 4.69) is 27.5 Å². The van der Waals surface area contributed by atoms with Gasteiger partial charge in [0, 0.05) is 44.5 Å². The van der Waals surface area contributed by atoms with Gasteiger partial charge >= 0.3 is 0 Å². The molecule has 148 valence electrons. The molecule has 0 bridgehead atoms. The van der Waals surface area contributed by atoms with Crippen molar-refractivity contribution in [1.29, 1.82) is 0 Å². The summed E-state index contributed by atoms with van der Waals surface area (Å²) in [5.41, 5.74) is 2.85. The van der Waals surface area contributed by atoms with E-state index in [1.807, 2.05) is 54.6 Å². The summed E-state index contributed by atoms with van der Waals surface area (Å²) in [7, 11) is 2.14. The van der Waals surface area contributed by atoms with Gasteiger partial charge < -0.3 is 20.4 Å². The van der Waals surface area contributed by atoms with Gasteiger partial charge in [-0.2, -0.15) is 0 Å². The van der Waals surface area contributed by atoms with E-state index >= 15 is 0 Å². The number of anilines is 2. The number of carbonyl (C=O) groups excluding carboxylic acids is 2. The van der Waals surface area contributed by atoms with Crippen LogP contribution in [-0.4, -0.2) is 49.9 Å². The number of benzene rings is 2. The van der Waals surface area contributed by atoms with Crippen molar-refractivity contribution in [3.63, 3.8) is 0 Å². The second-order valence-electron chi connectivity index (χ2n) is 7.25. The van der Waals surface area contributed by atoms with Crippen LogP contribution in [0.3, 0.4) is 0 Å². The second kappa shape index (κ2) is 9.37. The van der Waals surface area contributed by atoms with Crippen molar-refractivity contribution in [2.24, 2.45) is 0 Å². The average molecular weight is 380 g/mol. The van der Waals surface area contributed by atoms with Crippen molar-refractivity contribution < 1.29 is 9.59 Å². The van der Waals surface area contributed by atoms with Crippen LogP contribution in [0.5, 0.6) is 0 Å². The fraction of sp³-hybridized carbons (Fsp3) is 0.364. The highest BCUT2D eigenvalue weighted by molar-refractivity contribution is 5.91. The number of hydrogen-bond donors (Lipinski definition) is 2. The largest absolute Gasteiger partial charge is 0.369 e. The minimum atomic E-state index is -0.344. The molecule has 1 atom stereocenters. The summed E-state index contributed by atoms with van der Waals surface area (Å²) in [6.45, 7) is 5.60. The molecule has 2 aromatic rings.